The lowest BCUT2D eigenvalue weighted by Gasteiger charge is -2.32. The van der Waals surface area contributed by atoms with Crippen molar-refractivity contribution in [2.45, 2.75) is 57.3 Å². The third-order valence-corrected chi connectivity index (χ3v) is 4.67. The Balaban J connectivity index is 2.14. The van der Waals surface area contributed by atoms with Gasteiger partial charge in [0.05, 0.1) is 12.1 Å². The number of amides is 2. The number of nitrogens with two attached hydrogens (primary N) is 1. The first-order valence-corrected chi connectivity index (χ1v) is 8.01. The van der Waals surface area contributed by atoms with Crippen molar-refractivity contribution in [3.63, 3.8) is 0 Å². The van der Waals surface area contributed by atoms with Crippen LogP contribution in [0.5, 0.6) is 0 Å². The van der Waals surface area contributed by atoms with Gasteiger partial charge in [0.15, 0.2) is 0 Å². The summed E-state index contributed by atoms with van der Waals surface area (Å²) in [6.07, 6.45) is 0.353. The predicted molar refractivity (Wildman–Crippen MR) is 81.3 cm³/mol. The van der Waals surface area contributed by atoms with Crippen LogP contribution in [0.3, 0.4) is 0 Å². The number of carbonyl (C=O) groups excluding carboxylic acids is 2. The van der Waals surface area contributed by atoms with E-state index in [1.165, 1.54) is 9.80 Å². The molecule has 2 amide bonds. The Labute approximate surface area is 135 Å². The standard InChI is InChI=1S/C15H25N3O5/c1-8(2)12(16)14(21)17-5-3-4-10(17)13(20)18-7-9(19)6-11(18)15(22)23/h8-12,19H,3-7,16H2,1-2H3,(H,22,23)/t9-,10+,11+,12+/m1/s1. The zero-order valence-electron chi connectivity index (χ0n) is 13.5. The second kappa shape index (κ2) is 6.84. The molecule has 2 heterocycles. The van der Waals surface area contributed by atoms with E-state index in [4.69, 9.17) is 5.73 Å². The molecule has 0 aliphatic carbocycles. The van der Waals surface area contributed by atoms with Gasteiger partial charge in [0, 0.05) is 19.5 Å². The van der Waals surface area contributed by atoms with Crippen LogP contribution in [0.2, 0.25) is 0 Å². The Bertz CT molecular complexity index is 496. The van der Waals surface area contributed by atoms with Gasteiger partial charge in [-0.1, -0.05) is 13.8 Å². The van der Waals surface area contributed by atoms with E-state index in [1.807, 2.05) is 13.8 Å². The minimum Gasteiger partial charge on any atom is -0.480 e. The van der Waals surface area contributed by atoms with Crippen LogP contribution in [0.25, 0.3) is 0 Å². The van der Waals surface area contributed by atoms with Crippen LogP contribution in [0.1, 0.15) is 33.1 Å². The lowest BCUT2D eigenvalue weighted by atomic mass is 10.0. The minimum atomic E-state index is -1.13. The number of rotatable bonds is 4. The fourth-order valence-electron chi connectivity index (χ4n) is 3.25. The summed E-state index contributed by atoms with van der Waals surface area (Å²) in [7, 11) is 0. The van der Waals surface area contributed by atoms with Gasteiger partial charge in [-0.3, -0.25) is 9.59 Å². The van der Waals surface area contributed by atoms with Crippen molar-refractivity contribution < 1.29 is 24.6 Å². The van der Waals surface area contributed by atoms with Crippen LogP contribution in [-0.4, -0.2) is 75.1 Å². The minimum absolute atomic E-state index is 0.00936. The van der Waals surface area contributed by atoms with Crippen LogP contribution < -0.4 is 5.73 Å². The molecule has 2 rings (SSSR count). The van der Waals surface area contributed by atoms with Gasteiger partial charge >= 0.3 is 5.97 Å². The number of β-amino-alcohol motifs (C(OH)–C–C–N with tert-alkyl or cyclic N) is 1. The van der Waals surface area contributed by atoms with E-state index in [9.17, 15) is 24.6 Å². The molecular weight excluding hydrogens is 302 g/mol. The molecule has 8 heteroatoms. The molecule has 0 radical (unpaired) electrons. The van der Waals surface area contributed by atoms with Crippen molar-refractivity contribution in [3.8, 4) is 0 Å². The van der Waals surface area contributed by atoms with Crippen LogP contribution in [-0.2, 0) is 14.4 Å². The largest absolute Gasteiger partial charge is 0.480 e. The van der Waals surface area contributed by atoms with Crippen molar-refractivity contribution in [1.82, 2.24) is 9.80 Å². The molecular formula is C15H25N3O5. The maximum Gasteiger partial charge on any atom is 0.326 e. The summed E-state index contributed by atoms with van der Waals surface area (Å²) in [4.78, 5) is 39.1. The van der Waals surface area contributed by atoms with Gasteiger partial charge in [-0.25, -0.2) is 4.79 Å². The van der Waals surface area contributed by atoms with E-state index < -0.39 is 36.1 Å². The molecule has 0 aromatic rings. The summed E-state index contributed by atoms with van der Waals surface area (Å²) in [5, 5.41) is 18.9. The molecule has 2 aliphatic heterocycles. The third-order valence-electron chi connectivity index (χ3n) is 4.67. The maximum absolute atomic E-state index is 12.7. The summed E-state index contributed by atoms with van der Waals surface area (Å²) in [6, 6.07) is -2.39. The van der Waals surface area contributed by atoms with Gasteiger partial charge in [0.2, 0.25) is 11.8 Å². The number of nitrogens with zero attached hydrogens (tertiary/aromatic N) is 2. The Morgan fingerprint density at radius 1 is 1.17 bits per heavy atom. The summed E-state index contributed by atoms with van der Waals surface area (Å²) in [5.74, 6) is -1.86. The molecule has 4 N–H and O–H groups in total. The van der Waals surface area contributed by atoms with Crippen molar-refractivity contribution in [2.24, 2.45) is 11.7 Å². The van der Waals surface area contributed by atoms with E-state index in [-0.39, 0.29) is 24.8 Å². The molecule has 0 unspecified atom stereocenters. The molecule has 0 aromatic heterocycles. The quantitative estimate of drug-likeness (QED) is 0.609. The highest BCUT2D eigenvalue weighted by Crippen LogP contribution is 2.26. The fourth-order valence-corrected chi connectivity index (χ4v) is 3.25. The number of carboxylic acid groups (broad SMARTS) is 1. The Morgan fingerprint density at radius 2 is 1.83 bits per heavy atom. The van der Waals surface area contributed by atoms with Crippen molar-refractivity contribution in [2.75, 3.05) is 13.1 Å². The smallest absolute Gasteiger partial charge is 0.326 e. The molecule has 0 bridgehead atoms. The van der Waals surface area contributed by atoms with Gasteiger partial charge in [-0.2, -0.15) is 0 Å². The second-order valence-electron chi connectivity index (χ2n) is 6.69. The average Bonchev–Trinajstić information content (AvgIpc) is 3.11. The van der Waals surface area contributed by atoms with E-state index >= 15 is 0 Å². The lowest BCUT2D eigenvalue weighted by molar-refractivity contribution is -0.152. The highest BCUT2D eigenvalue weighted by molar-refractivity contribution is 5.92. The van der Waals surface area contributed by atoms with Crippen LogP contribution in [0.15, 0.2) is 0 Å². The summed E-state index contributed by atoms with van der Waals surface area (Å²) < 4.78 is 0. The van der Waals surface area contributed by atoms with Crippen LogP contribution in [0.4, 0.5) is 0 Å². The molecule has 23 heavy (non-hydrogen) atoms. The van der Waals surface area contributed by atoms with Crippen LogP contribution >= 0.6 is 0 Å². The van der Waals surface area contributed by atoms with Gasteiger partial charge in [-0.15, -0.1) is 0 Å². The molecule has 0 aromatic carbocycles. The fraction of sp³-hybridized carbons (Fsp3) is 0.800. The summed E-state index contributed by atoms with van der Waals surface area (Å²) in [5.41, 5.74) is 5.90. The zero-order chi connectivity index (χ0) is 17.3. The van der Waals surface area contributed by atoms with Crippen molar-refractivity contribution in [1.29, 1.82) is 0 Å². The van der Waals surface area contributed by atoms with Gasteiger partial charge in [0.25, 0.3) is 0 Å². The van der Waals surface area contributed by atoms with E-state index in [0.717, 1.165) is 0 Å². The molecule has 2 saturated heterocycles. The Hall–Kier alpha value is -1.67. The molecule has 2 aliphatic rings. The van der Waals surface area contributed by atoms with Gasteiger partial charge in [0.1, 0.15) is 12.1 Å². The SMILES string of the molecule is CC(C)[C@H](N)C(=O)N1CCC[C@H]1C(=O)N1C[C@H](O)C[C@H]1C(=O)O. The number of aliphatic hydroxyl groups excluding tert-OH is 1. The lowest BCUT2D eigenvalue weighted by Crippen LogP contribution is -2.54. The molecule has 4 atom stereocenters. The molecule has 8 nitrogen and oxygen atoms in total. The van der Waals surface area contributed by atoms with E-state index in [0.29, 0.717) is 19.4 Å². The highest BCUT2D eigenvalue weighted by Gasteiger charge is 2.45. The monoisotopic (exact) mass is 327 g/mol. The van der Waals surface area contributed by atoms with Crippen molar-refractivity contribution >= 4 is 17.8 Å². The van der Waals surface area contributed by atoms with Gasteiger partial charge in [-0.05, 0) is 18.8 Å². The number of likely N-dealkylation sites (tertiary alicyclic amines) is 2. The number of hydrogen-bond donors (Lipinski definition) is 3. The number of aliphatic carboxylic acids is 1. The van der Waals surface area contributed by atoms with Crippen LogP contribution in [0, 0.1) is 5.92 Å². The highest BCUT2D eigenvalue weighted by atomic mass is 16.4. The number of hydrogen-bond acceptors (Lipinski definition) is 5. The first-order chi connectivity index (χ1) is 10.7. The molecule has 0 saturated carbocycles. The predicted octanol–water partition coefficient (Wildman–Crippen LogP) is -0.993. The number of carbonyl (C=O) groups is 3. The Morgan fingerprint density at radius 3 is 2.39 bits per heavy atom. The third kappa shape index (κ3) is 3.48. The summed E-state index contributed by atoms with van der Waals surface area (Å²) >= 11 is 0. The molecule has 130 valence electrons. The topological polar surface area (TPSA) is 124 Å². The average molecular weight is 327 g/mol. The normalized spacial score (nSPS) is 29.2. The summed E-state index contributed by atoms with van der Waals surface area (Å²) in [6.45, 7) is 4.12. The maximum atomic E-state index is 12.7. The first-order valence-electron chi connectivity index (χ1n) is 8.01. The molecule has 0 spiro atoms. The van der Waals surface area contributed by atoms with Gasteiger partial charge < -0.3 is 25.7 Å². The number of carboxylic acids is 1. The van der Waals surface area contributed by atoms with Crippen molar-refractivity contribution in [3.05, 3.63) is 0 Å². The molecule has 2 fully saturated rings. The van der Waals surface area contributed by atoms with E-state index in [1.54, 1.807) is 0 Å². The first kappa shape index (κ1) is 17.7. The Kier molecular flexibility index (Phi) is 5.26. The number of aliphatic hydroxyl groups is 1. The zero-order valence-corrected chi connectivity index (χ0v) is 13.5. The van der Waals surface area contributed by atoms with E-state index in [2.05, 4.69) is 0 Å². The second-order valence-corrected chi connectivity index (χ2v) is 6.69.